The first kappa shape index (κ1) is 17.5. The van der Waals surface area contributed by atoms with Crippen LogP contribution in [0.1, 0.15) is 12.7 Å². The highest BCUT2D eigenvalue weighted by Gasteiger charge is 2.13. The third-order valence-corrected chi connectivity index (χ3v) is 5.27. The summed E-state index contributed by atoms with van der Waals surface area (Å²) in [5.41, 5.74) is 1.69. The van der Waals surface area contributed by atoms with E-state index in [9.17, 15) is 4.79 Å². The number of rotatable bonds is 6. The van der Waals surface area contributed by atoms with Crippen LogP contribution < -0.4 is 5.56 Å². The number of H-pyrrole nitrogens is 1. The highest BCUT2D eigenvalue weighted by atomic mass is 32.2. The molecule has 136 valence electrons. The molecule has 2 aromatic carbocycles. The summed E-state index contributed by atoms with van der Waals surface area (Å²) in [6, 6.07) is 17.4. The monoisotopic (exact) mass is 377 g/mol. The summed E-state index contributed by atoms with van der Waals surface area (Å²) < 4.78 is 2.11. The van der Waals surface area contributed by atoms with E-state index in [-0.39, 0.29) is 5.56 Å². The molecule has 4 aromatic rings. The average molecular weight is 377 g/mol. The predicted molar refractivity (Wildman–Crippen MR) is 108 cm³/mol. The zero-order valence-electron chi connectivity index (χ0n) is 14.9. The van der Waals surface area contributed by atoms with Crippen LogP contribution >= 0.6 is 11.8 Å². The molecular weight excluding hydrogens is 358 g/mol. The van der Waals surface area contributed by atoms with Gasteiger partial charge >= 0.3 is 0 Å². The van der Waals surface area contributed by atoms with E-state index >= 15 is 0 Å². The molecule has 4 rings (SSSR count). The van der Waals surface area contributed by atoms with Crippen LogP contribution in [0.3, 0.4) is 0 Å². The number of hydrogen-bond acceptors (Lipinski definition) is 5. The van der Waals surface area contributed by atoms with E-state index in [2.05, 4.69) is 31.7 Å². The van der Waals surface area contributed by atoms with Crippen molar-refractivity contribution in [3.8, 4) is 11.4 Å². The van der Waals surface area contributed by atoms with Gasteiger partial charge in [0, 0.05) is 24.3 Å². The van der Waals surface area contributed by atoms with E-state index in [1.165, 1.54) is 0 Å². The van der Waals surface area contributed by atoms with Gasteiger partial charge in [-0.2, -0.15) is 0 Å². The molecule has 6 nitrogen and oxygen atoms in total. The fraction of sp³-hybridized carbons (Fsp3) is 0.200. The maximum atomic E-state index is 12.2. The predicted octanol–water partition coefficient (Wildman–Crippen LogP) is 3.54. The largest absolute Gasteiger partial charge is 0.310 e. The first-order valence-corrected chi connectivity index (χ1v) is 9.84. The van der Waals surface area contributed by atoms with Gasteiger partial charge in [0.05, 0.1) is 10.9 Å². The van der Waals surface area contributed by atoms with Gasteiger partial charge < -0.3 is 9.55 Å². The highest BCUT2D eigenvalue weighted by molar-refractivity contribution is 7.99. The number of fused-ring (bicyclic) bond motifs is 1. The summed E-state index contributed by atoms with van der Waals surface area (Å²) in [7, 11) is 0. The molecule has 0 amide bonds. The van der Waals surface area contributed by atoms with Crippen LogP contribution in [0.2, 0.25) is 0 Å². The lowest BCUT2D eigenvalue weighted by atomic mass is 10.2. The molecule has 0 saturated heterocycles. The minimum Gasteiger partial charge on any atom is -0.310 e. The van der Waals surface area contributed by atoms with Crippen molar-refractivity contribution in [1.82, 2.24) is 24.7 Å². The van der Waals surface area contributed by atoms with Crippen molar-refractivity contribution >= 4 is 22.7 Å². The van der Waals surface area contributed by atoms with E-state index in [1.807, 2.05) is 48.5 Å². The molecular formula is C20H19N5OS. The Labute approximate surface area is 160 Å². The summed E-state index contributed by atoms with van der Waals surface area (Å²) in [4.78, 5) is 19.6. The third-order valence-electron chi connectivity index (χ3n) is 4.30. The minimum absolute atomic E-state index is 0.0938. The van der Waals surface area contributed by atoms with Gasteiger partial charge in [-0.15, -0.1) is 10.2 Å². The quantitative estimate of drug-likeness (QED) is 0.520. The zero-order valence-corrected chi connectivity index (χ0v) is 15.7. The Hall–Kier alpha value is -2.93. The molecule has 1 N–H and O–H groups in total. The topological polar surface area (TPSA) is 76.5 Å². The van der Waals surface area contributed by atoms with E-state index in [1.54, 1.807) is 17.8 Å². The van der Waals surface area contributed by atoms with Crippen molar-refractivity contribution in [2.45, 2.75) is 25.0 Å². The van der Waals surface area contributed by atoms with Crippen LogP contribution in [0.4, 0.5) is 0 Å². The van der Waals surface area contributed by atoms with E-state index < -0.39 is 0 Å². The standard InChI is InChI=1S/C20H19N5OS/c1-2-25-18(14-8-4-3-5-9-14)23-24-20(25)27-13-12-17-21-16-11-7-6-10-15(16)19(26)22-17/h3-11H,2,12-13H2,1H3,(H,21,22,26). The van der Waals surface area contributed by atoms with Gasteiger partial charge in [0.2, 0.25) is 0 Å². The summed E-state index contributed by atoms with van der Waals surface area (Å²) in [5, 5.41) is 10.2. The Kier molecular flexibility index (Phi) is 5.02. The molecule has 0 aliphatic rings. The maximum absolute atomic E-state index is 12.2. The molecule has 0 bridgehead atoms. The molecule has 0 spiro atoms. The lowest BCUT2D eigenvalue weighted by Crippen LogP contribution is -2.12. The van der Waals surface area contributed by atoms with Gasteiger partial charge in [-0.05, 0) is 19.1 Å². The number of nitrogens with one attached hydrogen (secondary N) is 1. The first-order valence-electron chi connectivity index (χ1n) is 8.85. The lowest BCUT2D eigenvalue weighted by Gasteiger charge is -2.07. The molecule has 0 radical (unpaired) electrons. The molecule has 2 heterocycles. The van der Waals surface area contributed by atoms with Crippen molar-refractivity contribution in [3.63, 3.8) is 0 Å². The first-order chi connectivity index (χ1) is 13.3. The number of hydrogen-bond donors (Lipinski definition) is 1. The minimum atomic E-state index is -0.0938. The number of para-hydroxylation sites is 1. The Bertz CT molecular complexity index is 1120. The Morgan fingerprint density at radius 1 is 1.04 bits per heavy atom. The van der Waals surface area contributed by atoms with Crippen LogP contribution in [-0.4, -0.2) is 30.5 Å². The lowest BCUT2D eigenvalue weighted by molar-refractivity contribution is 0.687. The Morgan fingerprint density at radius 2 is 1.81 bits per heavy atom. The number of aromatic nitrogens is 5. The summed E-state index contributed by atoms with van der Waals surface area (Å²) in [6.45, 7) is 2.88. The molecule has 0 aliphatic carbocycles. The van der Waals surface area contributed by atoms with Crippen molar-refractivity contribution in [2.75, 3.05) is 5.75 Å². The van der Waals surface area contributed by atoms with E-state index in [4.69, 9.17) is 0 Å². The molecule has 7 heteroatoms. The number of thioether (sulfide) groups is 1. The van der Waals surface area contributed by atoms with Gasteiger partial charge in [-0.3, -0.25) is 4.79 Å². The van der Waals surface area contributed by atoms with E-state index in [0.29, 0.717) is 17.6 Å². The summed E-state index contributed by atoms with van der Waals surface area (Å²) in [5.74, 6) is 2.32. The fourth-order valence-electron chi connectivity index (χ4n) is 2.97. The van der Waals surface area contributed by atoms with Crippen molar-refractivity contribution in [1.29, 1.82) is 0 Å². The van der Waals surface area contributed by atoms with Crippen LogP contribution in [0.5, 0.6) is 0 Å². The fourth-order valence-corrected chi connectivity index (χ4v) is 3.92. The van der Waals surface area contributed by atoms with Crippen LogP contribution in [0.25, 0.3) is 22.3 Å². The van der Waals surface area contributed by atoms with Crippen LogP contribution in [0, 0.1) is 0 Å². The smallest absolute Gasteiger partial charge is 0.258 e. The van der Waals surface area contributed by atoms with E-state index in [0.717, 1.165) is 34.4 Å². The molecule has 0 fully saturated rings. The zero-order chi connectivity index (χ0) is 18.6. The Balaban J connectivity index is 1.50. The van der Waals surface area contributed by atoms with Crippen LogP contribution in [0.15, 0.2) is 64.5 Å². The van der Waals surface area contributed by atoms with Gasteiger partial charge in [0.1, 0.15) is 5.82 Å². The second-order valence-electron chi connectivity index (χ2n) is 6.04. The second-order valence-corrected chi connectivity index (χ2v) is 7.11. The highest BCUT2D eigenvalue weighted by Crippen LogP contribution is 2.24. The molecule has 0 saturated carbocycles. The number of aryl methyl sites for hydroxylation is 1. The second kappa shape index (κ2) is 7.75. The van der Waals surface area contributed by atoms with Gasteiger partial charge in [0.15, 0.2) is 11.0 Å². The maximum Gasteiger partial charge on any atom is 0.258 e. The number of aromatic amines is 1. The van der Waals surface area contributed by atoms with Crippen molar-refractivity contribution < 1.29 is 0 Å². The molecule has 2 aromatic heterocycles. The summed E-state index contributed by atoms with van der Waals surface area (Å²) in [6.07, 6.45) is 0.655. The van der Waals surface area contributed by atoms with Crippen molar-refractivity contribution in [3.05, 3.63) is 70.8 Å². The summed E-state index contributed by atoms with van der Waals surface area (Å²) >= 11 is 1.62. The van der Waals surface area contributed by atoms with Gasteiger partial charge in [0.25, 0.3) is 5.56 Å². The molecule has 27 heavy (non-hydrogen) atoms. The SMILES string of the molecule is CCn1c(SCCc2nc3ccccc3c(=O)[nH]2)nnc1-c1ccccc1. The molecule has 0 unspecified atom stereocenters. The molecule has 0 atom stereocenters. The molecule has 0 aliphatic heterocycles. The third kappa shape index (κ3) is 3.64. The normalized spacial score (nSPS) is 11.1. The average Bonchev–Trinajstić information content (AvgIpc) is 3.11. The van der Waals surface area contributed by atoms with Crippen molar-refractivity contribution in [2.24, 2.45) is 0 Å². The Morgan fingerprint density at radius 3 is 2.63 bits per heavy atom. The van der Waals surface area contributed by atoms with Crippen LogP contribution in [-0.2, 0) is 13.0 Å². The number of benzene rings is 2. The van der Waals surface area contributed by atoms with Gasteiger partial charge in [-0.1, -0.05) is 54.2 Å². The van der Waals surface area contributed by atoms with Gasteiger partial charge in [-0.25, -0.2) is 4.98 Å². The number of nitrogens with zero attached hydrogens (tertiary/aromatic N) is 4.